The molecule has 0 radical (unpaired) electrons. The van der Waals surface area contributed by atoms with Crippen LogP contribution in [0.2, 0.25) is 5.02 Å². The fourth-order valence-corrected chi connectivity index (χ4v) is 3.51. The van der Waals surface area contributed by atoms with E-state index in [1.54, 1.807) is 24.3 Å². The lowest BCUT2D eigenvalue weighted by Gasteiger charge is -2.10. The molecule has 5 nitrogen and oxygen atoms in total. The van der Waals surface area contributed by atoms with E-state index >= 15 is 0 Å². The Morgan fingerprint density at radius 1 is 1.14 bits per heavy atom. The number of methoxy groups -OCH3 is 2. The number of amidine groups is 1. The summed E-state index contributed by atoms with van der Waals surface area (Å²) in [5.74, 6) is 0.584. The van der Waals surface area contributed by atoms with Crippen molar-refractivity contribution in [3.05, 3.63) is 57.5 Å². The molecule has 29 heavy (non-hydrogen) atoms. The number of aliphatic imine (C=N–C) groups is 1. The first-order chi connectivity index (χ1) is 13.7. The Labute approximate surface area is 173 Å². The highest BCUT2D eigenvalue weighted by atomic mass is 35.5. The number of amides is 1. The third-order valence-corrected chi connectivity index (χ3v) is 5.01. The van der Waals surface area contributed by atoms with Crippen LogP contribution in [0.5, 0.6) is 11.5 Å². The van der Waals surface area contributed by atoms with Crippen molar-refractivity contribution in [3.63, 3.8) is 0 Å². The molecular weight excluding hydrogens is 429 g/mol. The third kappa shape index (κ3) is 4.86. The number of carbonyl (C=O) groups excluding carboxylic acids is 1. The maximum Gasteiger partial charge on any atom is 0.418 e. The molecule has 1 saturated heterocycles. The number of nitrogens with zero attached hydrogens (tertiary/aromatic N) is 1. The molecule has 0 aliphatic carbocycles. The fourth-order valence-electron chi connectivity index (χ4n) is 2.52. The van der Waals surface area contributed by atoms with Gasteiger partial charge in [0.2, 0.25) is 0 Å². The van der Waals surface area contributed by atoms with E-state index in [2.05, 4.69) is 10.3 Å². The molecule has 0 unspecified atom stereocenters. The van der Waals surface area contributed by atoms with Crippen molar-refractivity contribution >= 4 is 46.2 Å². The van der Waals surface area contributed by atoms with Crippen molar-refractivity contribution in [1.29, 1.82) is 0 Å². The molecule has 152 valence electrons. The van der Waals surface area contributed by atoms with Gasteiger partial charge in [-0.05, 0) is 54.2 Å². The largest absolute Gasteiger partial charge is 0.497 e. The van der Waals surface area contributed by atoms with Crippen LogP contribution >= 0.6 is 23.4 Å². The number of hydrogen-bond donors (Lipinski definition) is 1. The zero-order chi connectivity index (χ0) is 21.2. The SMILES string of the molecule is COc1ccc(OC)c(C=C2SC(=Nc3ccc(Cl)cc3C(F)(F)F)NC2=O)c1. The number of rotatable bonds is 4. The van der Waals surface area contributed by atoms with E-state index in [1.807, 2.05) is 0 Å². The Bertz CT molecular complexity index is 1020. The van der Waals surface area contributed by atoms with Gasteiger partial charge < -0.3 is 14.8 Å². The molecular formula is C19H14ClF3N2O3S. The lowest BCUT2D eigenvalue weighted by Crippen LogP contribution is -2.19. The van der Waals surface area contributed by atoms with Crippen molar-refractivity contribution in [2.75, 3.05) is 14.2 Å². The quantitative estimate of drug-likeness (QED) is 0.655. The number of ether oxygens (including phenoxy) is 2. The number of halogens is 4. The molecule has 3 rings (SSSR count). The average Bonchev–Trinajstić information content (AvgIpc) is 3.01. The first kappa shape index (κ1) is 21.1. The number of benzene rings is 2. The Morgan fingerprint density at radius 2 is 1.90 bits per heavy atom. The van der Waals surface area contributed by atoms with Crippen LogP contribution in [0.1, 0.15) is 11.1 Å². The number of alkyl halides is 3. The van der Waals surface area contributed by atoms with Gasteiger partial charge in [0.1, 0.15) is 11.5 Å². The van der Waals surface area contributed by atoms with Crippen LogP contribution in [0.15, 0.2) is 46.3 Å². The zero-order valence-electron chi connectivity index (χ0n) is 15.1. The molecule has 0 bridgehead atoms. The first-order valence-electron chi connectivity index (χ1n) is 8.09. The normalized spacial score (nSPS) is 17.0. The second-order valence-electron chi connectivity index (χ2n) is 5.75. The summed E-state index contributed by atoms with van der Waals surface area (Å²) < 4.78 is 50.2. The summed E-state index contributed by atoms with van der Waals surface area (Å²) in [5, 5.41) is 2.43. The maximum absolute atomic E-state index is 13.2. The lowest BCUT2D eigenvalue weighted by molar-refractivity contribution is -0.137. The van der Waals surface area contributed by atoms with Crippen LogP contribution in [0, 0.1) is 0 Å². The molecule has 0 spiro atoms. The molecule has 10 heteroatoms. The lowest BCUT2D eigenvalue weighted by atomic mass is 10.1. The Kier molecular flexibility index (Phi) is 6.09. The van der Waals surface area contributed by atoms with Crippen molar-refractivity contribution in [3.8, 4) is 11.5 Å². The number of thioether (sulfide) groups is 1. The van der Waals surface area contributed by atoms with Gasteiger partial charge in [-0.1, -0.05) is 11.6 Å². The van der Waals surface area contributed by atoms with E-state index in [1.165, 1.54) is 20.3 Å². The summed E-state index contributed by atoms with van der Waals surface area (Å²) >= 11 is 6.59. The molecule has 1 aliphatic heterocycles. The van der Waals surface area contributed by atoms with Crippen LogP contribution in [0.3, 0.4) is 0 Å². The van der Waals surface area contributed by atoms with Gasteiger partial charge >= 0.3 is 6.18 Å². The average molecular weight is 443 g/mol. The van der Waals surface area contributed by atoms with Gasteiger partial charge in [-0.15, -0.1) is 0 Å². The van der Waals surface area contributed by atoms with Crippen molar-refractivity contribution in [1.82, 2.24) is 5.32 Å². The summed E-state index contributed by atoms with van der Waals surface area (Å²) in [6.45, 7) is 0. The predicted octanol–water partition coefficient (Wildman–Crippen LogP) is 5.27. The highest BCUT2D eigenvalue weighted by Gasteiger charge is 2.34. The Hall–Kier alpha value is -2.65. The van der Waals surface area contributed by atoms with E-state index in [0.717, 1.165) is 23.9 Å². The van der Waals surface area contributed by atoms with E-state index < -0.39 is 17.6 Å². The number of nitrogens with one attached hydrogen (secondary N) is 1. The second-order valence-corrected chi connectivity index (χ2v) is 7.22. The van der Waals surface area contributed by atoms with E-state index in [-0.39, 0.29) is 20.8 Å². The minimum absolute atomic E-state index is 0.0240. The minimum Gasteiger partial charge on any atom is -0.497 e. The summed E-state index contributed by atoms with van der Waals surface area (Å²) in [4.78, 5) is 16.5. The maximum atomic E-state index is 13.2. The van der Waals surface area contributed by atoms with Crippen molar-refractivity contribution < 1.29 is 27.4 Å². The van der Waals surface area contributed by atoms with Crippen LogP contribution in [0.4, 0.5) is 18.9 Å². The van der Waals surface area contributed by atoms with Crippen LogP contribution < -0.4 is 14.8 Å². The van der Waals surface area contributed by atoms with E-state index in [4.69, 9.17) is 21.1 Å². The third-order valence-electron chi connectivity index (χ3n) is 3.86. The Morgan fingerprint density at radius 3 is 2.55 bits per heavy atom. The number of hydrogen-bond acceptors (Lipinski definition) is 5. The summed E-state index contributed by atoms with van der Waals surface area (Å²) in [7, 11) is 2.99. The molecule has 1 heterocycles. The monoisotopic (exact) mass is 442 g/mol. The van der Waals surface area contributed by atoms with E-state index in [0.29, 0.717) is 17.1 Å². The fraction of sp³-hybridized carbons (Fsp3) is 0.158. The van der Waals surface area contributed by atoms with Gasteiger partial charge in [0.25, 0.3) is 5.91 Å². The van der Waals surface area contributed by atoms with Crippen LogP contribution in [0.25, 0.3) is 6.08 Å². The highest BCUT2D eigenvalue weighted by molar-refractivity contribution is 8.18. The predicted molar refractivity (Wildman–Crippen MR) is 107 cm³/mol. The molecule has 1 aliphatic rings. The summed E-state index contributed by atoms with van der Waals surface area (Å²) in [5.41, 5.74) is -0.752. The molecule has 0 saturated carbocycles. The van der Waals surface area contributed by atoms with Crippen molar-refractivity contribution in [2.24, 2.45) is 4.99 Å². The highest BCUT2D eigenvalue weighted by Crippen LogP contribution is 2.39. The molecule has 1 N–H and O–H groups in total. The summed E-state index contributed by atoms with van der Waals surface area (Å²) in [6.07, 6.45) is -3.08. The molecule has 0 atom stereocenters. The second kappa shape index (κ2) is 8.38. The molecule has 0 aromatic heterocycles. The number of carbonyl (C=O) groups is 1. The van der Waals surface area contributed by atoms with Crippen LogP contribution in [-0.2, 0) is 11.0 Å². The first-order valence-corrected chi connectivity index (χ1v) is 9.29. The van der Waals surface area contributed by atoms with Gasteiger partial charge in [0.05, 0.1) is 30.4 Å². The molecule has 2 aromatic rings. The molecule has 1 fully saturated rings. The molecule has 2 aromatic carbocycles. The smallest absolute Gasteiger partial charge is 0.418 e. The topological polar surface area (TPSA) is 59.9 Å². The summed E-state index contributed by atoms with van der Waals surface area (Å²) in [6, 6.07) is 8.30. The van der Waals surface area contributed by atoms with Gasteiger partial charge in [0, 0.05) is 10.6 Å². The zero-order valence-corrected chi connectivity index (χ0v) is 16.7. The van der Waals surface area contributed by atoms with E-state index in [9.17, 15) is 18.0 Å². The minimum atomic E-state index is -4.63. The van der Waals surface area contributed by atoms with Gasteiger partial charge in [-0.3, -0.25) is 4.79 Å². The van der Waals surface area contributed by atoms with Gasteiger partial charge in [0.15, 0.2) is 5.17 Å². The van der Waals surface area contributed by atoms with Crippen molar-refractivity contribution in [2.45, 2.75) is 6.18 Å². The molecule has 1 amide bonds. The van der Waals surface area contributed by atoms with Gasteiger partial charge in [-0.25, -0.2) is 4.99 Å². The standard InChI is InChI=1S/C19H14ClF3N2O3S/c1-27-12-4-6-15(28-2)10(7-12)8-16-17(26)25-18(29-16)24-14-5-3-11(20)9-13(14)19(21,22)23/h3-9H,1-2H3,(H,24,25,26). The van der Waals surface area contributed by atoms with Crippen LogP contribution in [-0.4, -0.2) is 25.3 Å². The van der Waals surface area contributed by atoms with Gasteiger partial charge in [-0.2, -0.15) is 13.2 Å². The Balaban J connectivity index is 1.95.